The Morgan fingerprint density at radius 3 is 2.78 bits per heavy atom. The Morgan fingerprint density at radius 1 is 1.26 bits per heavy atom. The van der Waals surface area contributed by atoms with Crippen molar-refractivity contribution < 1.29 is 14.3 Å². The van der Waals surface area contributed by atoms with Crippen molar-refractivity contribution in [3.8, 4) is 11.5 Å². The average Bonchev–Trinajstić information content (AvgIpc) is 3.11. The van der Waals surface area contributed by atoms with Crippen LogP contribution in [0, 0.1) is 0 Å². The SMILES string of the molecule is CCOc1cc(/C=N\n2nnnc2N)ccc1OCC(=O)N1CCCCC1. The molecular weight excluding hydrogens is 350 g/mol. The van der Waals surface area contributed by atoms with Crippen LogP contribution < -0.4 is 15.2 Å². The van der Waals surface area contributed by atoms with E-state index in [1.165, 1.54) is 6.42 Å². The van der Waals surface area contributed by atoms with Gasteiger partial charge in [-0.25, -0.2) is 0 Å². The molecule has 0 bridgehead atoms. The second kappa shape index (κ2) is 8.97. The fraction of sp³-hybridized carbons (Fsp3) is 0.471. The summed E-state index contributed by atoms with van der Waals surface area (Å²) in [5, 5.41) is 14.7. The number of ether oxygens (including phenoxy) is 2. The van der Waals surface area contributed by atoms with Crippen LogP contribution in [0.2, 0.25) is 0 Å². The van der Waals surface area contributed by atoms with E-state index in [1.54, 1.807) is 24.4 Å². The van der Waals surface area contributed by atoms with Crippen LogP contribution >= 0.6 is 0 Å². The van der Waals surface area contributed by atoms with Gasteiger partial charge in [-0.1, -0.05) is 9.89 Å². The van der Waals surface area contributed by atoms with Crippen LogP contribution in [0.15, 0.2) is 23.3 Å². The molecule has 0 radical (unpaired) electrons. The number of hydrogen-bond donors (Lipinski definition) is 1. The van der Waals surface area contributed by atoms with Gasteiger partial charge in [0.1, 0.15) is 0 Å². The molecule has 10 nitrogen and oxygen atoms in total. The van der Waals surface area contributed by atoms with E-state index in [2.05, 4.69) is 20.6 Å². The summed E-state index contributed by atoms with van der Waals surface area (Å²) < 4.78 is 11.3. The lowest BCUT2D eigenvalue weighted by Gasteiger charge is -2.26. The van der Waals surface area contributed by atoms with Crippen LogP contribution in [0.3, 0.4) is 0 Å². The molecule has 1 aliphatic heterocycles. The van der Waals surface area contributed by atoms with Crippen LogP contribution in [0.1, 0.15) is 31.7 Å². The van der Waals surface area contributed by atoms with E-state index in [0.29, 0.717) is 18.1 Å². The molecule has 1 aliphatic rings. The molecule has 1 amide bonds. The number of nitrogen functional groups attached to an aromatic ring is 1. The third kappa shape index (κ3) is 4.93. The van der Waals surface area contributed by atoms with Gasteiger partial charge in [0.2, 0.25) is 0 Å². The van der Waals surface area contributed by atoms with Gasteiger partial charge < -0.3 is 20.1 Å². The number of carbonyl (C=O) groups is 1. The van der Waals surface area contributed by atoms with Crippen LogP contribution in [0.4, 0.5) is 5.95 Å². The van der Waals surface area contributed by atoms with Crippen molar-refractivity contribution in [2.75, 3.05) is 32.0 Å². The maximum Gasteiger partial charge on any atom is 0.263 e. The van der Waals surface area contributed by atoms with Gasteiger partial charge in [-0.05, 0) is 60.4 Å². The van der Waals surface area contributed by atoms with Gasteiger partial charge in [-0.3, -0.25) is 4.79 Å². The number of likely N-dealkylation sites (tertiary alicyclic amines) is 1. The van der Waals surface area contributed by atoms with Gasteiger partial charge >= 0.3 is 0 Å². The molecule has 2 heterocycles. The normalized spacial score (nSPS) is 14.5. The number of anilines is 1. The van der Waals surface area contributed by atoms with Crippen LogP contribution in [0.5, 0.6) is 11.5 Å². The van der Waals surface area contributed by atoms with Gasteiger partial charge in [-0.15, -0.1) is 0 Å². The molecule has 1 saturated heterocycles. The summed E-state index contributed by atoms with van der Waals surface area (Å²) in [5.74, 6) is 1.14. The molecule has 0 spiro atoms. The maximum absolute atomic E-state index is 12.3. The molecule has 1 aromatic carbocycles. The van der Waals surface area contributed by atoms with Crippen molar-refractivity contribution >= 4 is 18.1 Å². The van der Waals surface area contributed by atoms with Crippen LogP contribution in [-0.4, -0.2) is 63.6 Å². The second-order valence-corrected chi connectivity index (χ2v) is 6.04. The summed E-state index contributed by atoms with van der Waals surface area (Å²) in [5.41, 5.74) is 6.32. The Hall–Kier alpha value is -3.17. The number of hydrogen-bond acceptors (Lipinski definition) is 8. The van der Waals surface area contributed by atoms with Crippen molar-refractivity contribution in [2.45, 2.75) is 26.2 Å². The van der Waals surface area contributed by atoms with E-state index in [1.807, 2.05) is 11.8 Å². The highest BCUT2D eigenvalue weighted by atomic mass is 16.5. The first kappa shape index (κ1) is 18.6. The molecule has 0 unspecified atom stereocenters. The number of aromatic nitrogens is 4. The van der Waals surface area contributed by atoms with Gasteiger partial charge in [0.15, 0.2) is 18.1 Å². The van der Waals surface area contributed by atoms with Crippen LogP contribution in [0.25, 0.3) is 0 Å². The minimum Gasteiger partial charge on any atom is -0.490 e. The maximum atomic E-state index is 12.3. The third-order valence-electron chi connectivity index (χ3n) is 4.12. The Labute approximate surface area is 156 Å². The number of amides is 1. The van der Waals surface area contributed by atoms with Crippen molar-refractivity contribution in [2.24, 2.45) is 5.10 Å². The van der Waals surface area contributed by atoms with Gasteiger partial charge in [0.05, 0.1) is 12.8 Å². The predicted octanol–water partition coefficient (Wildman–Crippen LogP) is 0.927. The van der Waals surface area contributed by atoms with E-state index < -0.39 is 0 Å². The fourth-order valence-corrected chi connectivity index (χ4v) is 2.76. The number of nitrogens with zero attached hydrogens (tertiary/aromatic N) is 6. The highest BCUT2D eigenvalue weighted by Crippen LogP contribution is 2.28. The highest BCUT2D eigenvalue weighted by Gasteiger charge is 2.17. The molecule has 2 N–H and O–H groups in total. The average molecular weight is 373 g/mol. The quantitative estimate of drug-likeness (QED) is 0.717. The number of nitrogens with two attached hydrogens (primary N) is 1. The highest BCUT2D eigenvalue weighted by molar-refractivity contribution is 5.81. The summed E-state index contributed by atoms with van der Waals surface area (Å²) in [6.07, 6.45) is 4.84. The topological polar surface area (TPSA) is 121 Å². The van der Waals surface area contributed by atoms with Crippen molar-refractivity contribution in [3.63, 3.8) is 0 Å². The Kier molecular flexibility index (Phi) is 6.18. The second-order valence-electron chi connectivity index (χ2n) is 6.04. The largest absolute Gasteiger partial charge is 0.490 e. The molecule has 2 aromatic rings. The molecule has 0 atom stereocenters. The molecule has 3 rings (SSSR count). The Morgan fingerprint density at radius 2 is 2.07 bits per heavy atom. The first-order valence-corrected chi connectivity index (χ1v) is 8.93. The standard InChI is InChI=1S/C17H23N7O3/c1-2-26-15-10-13(11-19-24-17(18)20-21-22-24)6-7-14(15)27-12-16(25)23-8-4-3-5-9-23/h6-7,10-11H,2-5,8-9,12H2,1H3,(H2,18,20,22)/b19-11-. The first-order valence-electron chi connectivity index (χ1n) is 8.93. The summed E-state index contributed by atoms with van der Waals surface area (Å²) >= 11 is 0. The van der Waals surface area contributed by atoms with E-state index >= 15 is 0 Å². The Bertz CT molecular complexity index is 800. The number of tetrazole rings is 1. The van der Waals surface area contributed by atoms with E-state index in [4.69, 9.17) is 15.2 Å². The molecular formula is C17H23N7O3. The summed E-state index contributed by atoms with van der Waals surface area (Å²) in [6.45, 7) is 3.95. The zero-order chi connectivity index (χ0) is 19.1. The summed E-state index contributed by atoms with van der Waals surface area (Å²) in [7, 11) is 0. The number of piperidine rings is 1. The van der Waals surface area contributed by atoms with Gasteiger partial charge in [0, 0.05) is 13.1 Å². The number of benzene rings is 1. The minimum atomic E-state index is -0.00529. The molecule has 0 aliphatic carbocycles. The lowest BCUT2D eigenvalue weighted by Crippen LogP contribution is -2.38. The van der Waals surface area contributed by atoms with Gasteiger partial charge in [-0.2, -0.15) is 5.10 Å². The first-order chi connectivity index (χ1) is 13.2. The smallest absolute Gasteiger partial charge is 0.263 e. The number of rotatable bonds is 7. The molecule has 1 fully saturated rings. The number of carbonyl (C=O) groups excluding carboxylic acids is 1. The molecule has 144 valence electrons. The van der Waals surface area contributed by atoms with E-state index in [9.17, 15) is 4.79 Å². The molecule has 27 heavy (non-hydrogen) atoms. The van der Waals surface area contributed by atoms with E-state index in [-0.39, 0.29) is 18.5 Å². The van der Waals surface area contributed by atoms with Crippen LogP contribution in [-0.2, 0) is 4.79 Å². The van der Waals surface area contributed by atoms with Crippen molar-refractivity contribution in [1.82, 2.24) is 25.2 Å². The zero-order valence-electron chi connectivity index (χ0n) is 15.2. The lowest BCUT2D eigenvalue weighted by molar-refractivity contribution is -0.134. The fourth-order valence-electron chi connectivity index (χ4n) is 2.76. The van der Waals surface area contributed by atoms with Gasteiger partial charge in [0.25, 0.3) is 11.9 Å². The van der Waals surface area contributed by atoms with E-state index in [0.717, 1.165) is 36.3 Å². The minimum absolute atomic E-state index is 0.00283. The van der Waals surface area contributed by atoms with Crippen molar-refractivity contribution in [1.29, 1.82) is 0 Å². The molecule has 0 saturated carbocycles. The summed E-state index contributed by atoms with van der Waals surface area (Å²) in [6, 6.07) is 5.32. The summed E-state index contributed by atoms with van der Waals surface area (Å²) in [4.78, 5) is 15.2. The Balaban J connectivity index is 1.66. The monoisotopic (exact) mass is 373 g/mol. The molecule has 1 aromatic heterocycles. The zero-order valence-corrected chi connectivity index (χ0v) is 15.2. The third-order valence-corrected chi connectivity index (χ3v) is 4.12. The lowest BCUT2D eigenvalue weighted by atomic mass is 10.1. The van der Waals surface area contributed by atoms with Crippen molar-refractivity contribution in [3.05, 3.63) is 23.8 Å². The predicted molar refractivity (Wildman–Crippen MR) is 98.8 cm³/mol. The molecule has 10 heteroatoms.